The van der Waals surface area contributed by atoms with Gasteiger partial charge in [-0.1, -0.05) is 13.8 Å². The molecule has 1 N–H and O–H groups in total. The molecule has 0 bridgehead atoms. The predicted molar refractivity (Wildman–Crippen MR) is 66.6 cm³/mol. The van der Waals surface area contributed by atoms with Crippen LogP contribution in [0.5, 0.6) is 0 Å². The summed E-state index contributed by atoms with van der Waals surface area (Å²) in [6.07, 6.45) is 0.837. The van der Waals surface area contributed by atoms with Gasteiger partial charge in [0.1, 0.15) is 0 Å². The van der Waals surface area contributed by atoms with Gasteiger partial charge in [0, 0.05) is 12.6 Å². The van der Waals surface area contributed by atoms with E-state index in [1.807, 2.05) is 19.0 Å². The van der Waals surface area contributed by atoms with Crippen molar-refractivity contribution in [2.75, 3.05) is 27.2 Å². The van der Waals surface area contributed by atoms with Crippen molar-refractivity contribution >= 4 is 11.9 Å². The molecule has 0 saturated carbocycles. The number of carbonyl (C=O) groups is 2. The number of hydrogen-bond acceptors (Lipinski definition) is 4. The van der Waals surface area contributed by atoms with E-state index < -0.39 is 11.9 Å². The third-order valence-electron chi connectivity index (χ3n) is 2.14. The molecule has 0 fully saturated rings. The highest BCUT2D eigenvalue weighted by atomic mass is 16.5. The minimum absolute atomic E-state index is 0.0260. The van der Waals surface area contributed by atoms with Gasteiger partial charge in [-0.3, -0.25) is 4.79 Å². The average molecular weight is 244 g/mol. The number of ether oxygens (including phenoxy) is 1. The van der Waals surface area contributed by atoms with Gasteiger partial charge in [0.15, 0.2) is 0 Å². The molecule has 0 aliphatic rings. The van der Waals surface area contributed by atoms with Gasteiger partial charge < -0.3 is 15.0 Å². The second kappa shape index (κ2) is 8.06. The zero-order valence-electron chi connectivity index (χ0n) is 11.4. The third-order valence-corrected chi connectivity index (χ3v) is 2.14. The van der Waals surface area contributed by atoms with Crippen molar-refractivity contribution < 1.29 is 14.3 Å². The van der Waals surface area contributed by atoms with Crippen LogP contribution in [-0.4, -0.2) is 50.1 Å². The first-order chi connectivity index (χ1) is 7.86. The minimum Gasteiger partial charge on any atom is -0.459 e. The molecule has 100 valence electrons. The van der Waals surface area contributed by atoms with E-state index in [4.69, 9.17) is 0 Å². The quantitative estimate of drug-likeness (QED) is 0.550. The van der Waals surface area contributed by atoms with Crippen molar-refractivity contribution in [3.05, 3.63) is 0 Å². The number of nitrogens with one attached hydrogen (secondary N) is 1. The molecule has 0 aromatic heterocycles. The lowest BCUT2D eigenvalue weighted by atomic mass is 10.0. The Morgan fingerprint density at radius 1 is 1.29 bits per heavy atom. The monoisotopic (exact) mass is 244 g/mol. The van der Waals surface area contributed by atoms with Gasteiger partial charge in [0.25, 0.3) is 0 Å². The second-order valence-electron chi connectivity index (χ2n) is 4.78. The van der Waals surface area contributed by atoms with Crippen LogP contribution < -0.4 is 5.32 Å². The molecule has 0 aromatic rings. The summed E-state index contributed by atoms with van der Waals surface area (Å²) in [7, 11) is 3.87. The Morgan fingerprint density at radius 3 is 2.29 bits per heavy atom. The van der Waals surface area contributed by atoms with Crippen LogP contribution in [-0.2, 0) is 14.3 Å². The Hall–Kier alpha value is -1.10. The molecular formula is C12H24N2O3. The Morgan fingerprint density at radius 2 is 1.88 bits per heavy atom. The van der Waals surface area contributed by atoms with Gasteiger partial charge in [-0.05, 0) is 33.4 Å². The molecule has 17 heavy (non-hydrogen) atoms. The third kappa shape index (κ3) is 7.74. The first-order valence-electron chi connectivity index (χ1n) is 5.99. The summed E-state index contributed by atoms with van der Waals surface area (Å²) in [6.45, 7) is 6.77. The van der Waals surface area contributed by atoms with Crippen LogP contribution in [0.4, 0.5) is 0 Å². The van der Waals surface area contributed by atoms with Gasteiger partial charge in [-0.15, -0.1) is 0 Å². The molecule has 0 aliphatic carbocycles. The molecule has 0 saturated heterocycles. The van der Waals surface area contributed by atoms with E-state index in [0.29, 0.717) is 12.5 Å². The minimum atomic E-state index is -0.806. The Bertz CT molecular complexity index is 242. The Balaban J connectivity index is 4.31. The molecule has 0 aliphatic heterocycles. The van der Waals surface area contributed by atoms with Crippen molar-refractivity contribution in [3.8, 4) is 0 Å². The molecule has 1 amide bonds. The van der Waals surface area contributed by atoms with Crippen LogP contribution in [0.15, 0.2) is 0 Å². The number of rotatable bonds is 6. The van der Waals surface area contributed by atoms with Gasteiger partial charge >= 0.3 is 11.9 Å². The highest BCUT2D eigenvalue weighted by molar-refractivity contribution is 6.32. The number of nitrogens with zero attached hydrogens (tertiary/aromatic N) is 1. The number of esters is 1. The van der Waals surface area contributed by atoms with Crippen LogP contribution >= 0.6 is 0 Å². The van der Waals surface area contributed by atoms with Crippen molar-refractivity contribution in [2.45, 2.75) is 33.2 Å². The highest BCUT2D eigenvalue weighted by Crippen LogP contribution is 2.05. The van der Waals surface area contributed by atoms with Crippen molar-refractivity contribution in [1.29, 1.82) is 0 Å². The molecule has 1 atom stereocenters. The van der Waals surface area contributed by atoms with Crippen LogP contribution in [0, 0.1) is 5.92 Å². The van der Waals surface area contributed by atoms with Crippen LogP contribution in [0.1, 0.15) is 27.2 Å². The molecule has 0 rings (SSSR count). The molecule has 0 aromatic carbocycles. The number of carbonyl (C=O) groups excluding carboxylic acids is 2. The van der Waals surface area contributed by atoms with E-state index in [0.717, 1.165) is 6.42 Å². The lowest BCUT2D eigenvalue weighted by molar-refractivity contribution is -0.155. The predicted octanol–water partition coefficient (Wildman–Crippen LogP) is 0.642. The lowest BCUT2D eigenvalue weighted by Crippen LogP contribution is -2.45. The topological polar surface area (TPSA) is 58.6 Å². The SMILES string of the molecule is CCOC(=O)C(=O)NC(CC(C)C)CN(C)C. The van der Waals surface area contributed by atoms with E-state index in [2.05, 4.69) is 23.9 Å². The Kier molecular flexibility index (Phi) is 7.54. The summed E-state index contributed by atoms with van der Waals surface area (Å²) in [5.41, 5.74) is 0. The van der Waals surface area contributed by atoms with Crippen LogP contribution in [0.3, 0.4) is 0 Å². The molecule has 0 spiro atoms. The largest absolute Gasteiger partial charge is 0.459 e. The van der Waals surface area contributed by atoms with E-state index in [-0.39, 0.29) is 12.6 Å². The second-order valence-corrected chi connectivity index (χ2v) is 4.78. The van der Waals surface area contributed by atoms with E-state index >= 15 is 0 Å². The number of likely N-dealkylation sites (N-methyl/N-ethyl adjacent to an activating group) is 1. The number of amides is 1. The van der Waals surface area contributed by atoms with Gasteiger partial charge in [-0.2, -0.15) is 0 Å². The van der Waals surface area contributed by atoms with E-state index in [1.165, 1.54) is 0 Å². The fourth-order valence-corrected chi connectivity index (χ4v) is 1.63. The molecule has 0 radical (unpaired) electrons. The summed E-state index contributed by atoms with van der Waals surface area (Å²) in [4.78, 5) is 24.7. The van der Waals surface area contributed by atoms with E-state index in [1.54, 1.807) is 6.92 Å². The average Bonchev–Trinajstić information content (AvgIpc) is 2.15. The summed E-state index contributed by atoms with van der Waals surface area (Å²) in [5.74, 6) is -0.998. The number of hydrogen-bond donors (Lipinski definition) is 1. The van der Waals surface area contributed by atoms with Gasteiger partial charge in [0.2, 0.25) is 0 Å². The summed E-state index contributed by atoms with van der Waals surface area (Å²) < 4.78 is 4.65. The zero-order valence-corrected chi connectivity index (χ0v) is 11.4. The Labute approximate surface area is 103 Å². The summed E-state index contributed by atoms with van der Waals surface area (Å²) in [6, 6.07) is -0.0260. The maximum atomic E-state index is 11.5. The standard InChI is InChI=1S/C12H24N2O3/c1-6-17-12(16)11(15)13-10(7-9(2)3)8-14(4)5/h9-10H,6-8H2,1-5H3,(H,13,15). The van der Waals surface area contributed by atoms with Crippen molar-refractivity contribution in [2.24, 2.45) is 5.92 Å². The molecule has 5 nitrogen and oxygen atoms in total. The smallest absolute Gasteiger partial charge is 0.396 e. The molecule has 5 heteroatoms. The lowest BCUT2D eigenvalue weighted by Gasteiger charge is -2.23. The van der Waals surface area contributed by atoms with Gasteiger partial charge in [-0.25, -0.2) is 4.79 Å². The summed E-state index contributed by atoms with van der Waals surface area (Å²) in [5, 5.41) is 2.71. The highest BCUT2D eigenvalue weighted by Gasteiger charge is 2.20. The molecular weight excluding hydrogens is 220 g/mol. The summed E-state index contributed by atoms with van der Waals surface area (Å²) >= 11 is 0. The maximum absolute atomic E-state index is 11.5. The zero-order chi connectivity index (χ0) is 13.4. The molecule has 1 unspecified atom stereocenters. The maximum Gasteiger partial charge on any atom is 0.396 e. The van der Waals surface area contributed by atoms with Crippen molar-refractivity contribution in [3.63, 3.8) is 0 Å². The van der Waals surface area contributed by atoms with E-state index in [9.17, 15) is 9.59 Å². The van der Waals surface area contributed by atoms with Gasteiger partial charge in [0.05, 0.1) is 6.61 Å². The fourth-order valence-electron chi connectivity index (χ4n) is 1.63. The fraction of sp³-hybridized carbons (Fsp3) is 0.833. The molecule has 0 heterocycles. The van der Waals surface area contributed by atoms with Crippen molar-refractivity contribution in [1.82, 2.24) is 10.2 Å². The van der Waals surface area contributed by atoms with Crippen LogP contribution in [0.2, 0.25) is 0 Å². The first kappa shape index (κ1) is 15.9. The normalized spacial score (nSPS) is 12.6. The van der Waals surface area contributed by atoms with Crippen LogP contribution in [0.25, 0.3) is 0 Å². The first-order valence-corrected chi connectivity index (χ1v) is 5.99.